The molecule has 1 unspecified atom stereocenters. The van der Waals surface area contributed by atoms with Crippen LogP contribution in [-0.2, 0) is 25.9 Å². The van der Waals surface area contributed by atoms with Crippen molar-refractivity contribution >= 4 is 17.3 Å². The van der Waals surface area contributed by atoms with Crippen LogP contribution in [0.15, 0.2) is 69.4 Å². The van der Waals surface area contributed by atoms with E-state index in [2.05, 4.69) is 9.98 Å². The number of hydroxylamine groups is 1. The predicted octanol–water partition coefficient (Wildman–Crippen LogP) is 1.36. The van der Waals surface area contributed by atoms with Gasteiger partial charge in [0.15, 0.2) is 0 Å². The minimum absolute atomic E-state index is 0.00463. The van der Waals surface area contributed by atoms with Crippen LogP contribution in [0.3, 0.4) is 0 Å². The average Bonchev–Trinajstić information content (AvgIpc) is 3.08. The minimum Gasteiger partial charge on any atom is -0.622 e. The molecule has 0 spiro atoms. The number of quaternary nitrogens is 1. The molecule has 3 heterocycles. The van der Waals surface area contributed by atoms with Gasteiger partial charge < -0.3 is 5.21 Å². The first-order valence-electron chi connectivity index (χ1n) is 10.0. The second kappa shape index (κ2) is 8.56. The number of benzene rings is 1. The van der Waals surface area contributed by atoms with E-state index in [1.165, 1.54) is 4.57 Å². The highest BCUT2D eigenvalue weighted by Gasteiger charge is 2.33. The summed E-state index contributed by atoms with van der Waals surface area (Å²) in [4.78, 5) is 34.5. The third-order valence-corrected chi connectivity index (χ3v) is 5.14. The number of rotatable bonds is 7. The number of pyridine rings is 1. The van der Waals surface area contributed by atoms with E-state index in [0.29, 0.717) is 19.4 Å². The van der Waals surface area contributed by atoms with Gasteiger partial charge in [0.1, 0.15) is 0 Å². The standard InChI is InChI=1S/C22H23N5O3/c1-2-12-26-21(28)19-20(24-18(27(19)30)14-17-9-6-11-23-15-17)25(22(26)29)13-10-16-7-4-3-5-8-16/h3-9,11,15,27H,2,10,12-14H2,1H3. The maximum absolute atomic E-state index is 13.1. The zero-order valence-electron chi connectivity index (χ0n) is 16.7. The first-order chi connectivity index (χ1) is 14.6. The Kier molecular flexibility index (Phi) is 5.69. The summed E-state index contributed by atoms with van der Waals surface area (Å²) in [6.45, 7) is 2.49. The fourth-order valence-electron chi connectivity index (χ4n) is 3.65. The summed E-state index contributed by atoms with van der Waals surface area (Å²) in [7, 11) is 0. The molecule has 0 bridgehead atoms. The lowest BCUT2D eigenvalue weighted by Crippen LogP contribution is -3.05. The summed E-state index contributed by atoms with van der Waals surface area (Å²) in [5.41, 5.74) is 0.910. The molecule has 0 saturated carbocycles. The molecule has 3 aromatic rings. The number of nitrogens with zero attached hydrogens (tertiary/aromatic N) is 4. The molecule has 8 nitrogen and oxygen atoms in total. The van der Waals surface area contributed by atoms with Crippen LogP contribution in [0.4, 0.5) is 11.5 Å². The molecular weight excluding hydrogens is 382 g/mol. The summed E-state index contributed by atoms with van der Waals surface area (Å²) in [5, 5.41) is 12.6. The Morgan fingerprint density at radius 3 is 2.47 bits per heavy atom. The van der Waals surface area contributed by atoms with Crippen molar-refractivity contribution in [3.8, 4) is 0 Å². The Labute approximate surface area is 173 Å². The van der Waals surface area contributed by atoms with Crippen molar-refractivity contribution in [1.29, 1.82) is 0 Å². The SMILES string of the molecule is CCCn1c(=O)c2c(n(CCc3ccccc3)c1=O)N=C(Cc1cccnc1)[NH+]2[O-]. The van der Waals surface area contributed by atoms with Gasteiger partial charge in [-0.25, -0.2) is 4.79 Å². The van der Waals surface area contributed by atoms with Gasteiger partial charge >= 0.3 is 11.2 Å². The van der Waals surface area contributed by atoms with Crippen molar-refractivity contribution in [3.63, 3.8) is 0 Å². The molecule has 1 atom stereocenters. The molecule has 1 N–H and O–H groups in total. The van der Waals surface area contributed by atoms with Crippen LogP contribution in [0.5, 0.6) is 0 Å². The topological polar surface area (TPSA) is 96.8 Å². The van der Waals surface area contributed by atoms with Crippen LogP contribution in [0.2, 0.25) is 0 Å². The quantitative estimate of drug-likeness (QED) is 0.600. The van der Waals surface area contributed by atoms with Crippen molar-refractivity contribution in [1.82, 2.24) is 14.1 Å². The van der Waals surface area contributed by atoms with E-state index in [4.69, 9.17) is 0 Å². The Hall–Kier alpha value is -3.36. The van der Waals surface area contributed by atoms with Crippen molar-refractivity contribution in [3.05, 3.63) is 92.0 Å². The summed E-state index contributed by atoms with van der Waals surface area (Å²) in [6, 6.07) is 13.4. The van der Waals surface area contributed by atoms with Crippen molar-refractivity contribution in [2.75, 3.05) is 0 Å². The molecule has 1 aliphatic rings. The molecule has 0 saturated heterocycles. The van der Waals surface area contributed by atoms with Gasteiger partial charge in [0.2, 0.25) is 17.3 Å². The molecule has 0 aliphatic carbocycles. The summed E-state index contributed by atoms with van der Waals surface area (Å²) in [6.07, 6.45) is 4.79. The normalized spacial score (nSPS) is 15.1. The number of aryl methyl sites for hydroxylation is 1. The highest BCUT2D eigenvalue weighted by Crippen LogP contribution is 2.22. The smallest absolute Gasteiger partial charge is 0.332 e. The van der Waals surface area contributed by atoms with Crippen molar-refractivity contribution in [2.45, 2.75) is 39.3 Å². The fourth-order valence-corrected chi connectivity index (χ4v) is 3.65. The Morgan fingerprint density at radius 2 is 1.77 bits per heavy atom. The van der Waals surface area contributed by atoms with E-state index in [-0.39, 0.29) is 30.3 Å². The number of aromatic nitrogens is 3. The molecule has 1 aliphatic heterocycles. The monoisotopic (exact) mass is 405 g/mol. The number of aliphatic imine (C=N–C) groups is 1. The fraction of sp³-hybridized carbons (Fsp3) is 0.273. The lowest BCUT2D eigenvalue weighted by molar-refractivity contribution is -0.666. The van der Waals surface area contributed by atoms with E-state index in [0.717, 1.165) is 15.7 Å². The molecule has 0 fully saturated rings. The predicted molar refractivity (Wildman–Crippen MR) is 114 cm³/mol. The van der Waals surface area contributed by atoms with E-state index in [1.807, 2.05) is 43.3 Å². The Bertz CT molecular complexity index is 1180. The van der Waals surface area contributed by atoms with Gasteiger partial charge in [0.25, 0.3) is 0 Å². The maximum atomic E-state index is 13.1. The number of hydrogen-bond acceptors (Lipinski definition) is 5. The van der Waals surface area contributed by atoms with Gasteiger partial charge in [0.05, 0.1) is 6.42 Å². The van der Waals surface area contributed by atoms with Crippen LogP contribution in [0.1, 0.15) is 24.5 Å². The van der Waals surface area contributed by atoms with E-state index in [1.54, 1.807) is 18.5 Å². The molecular formula is C22H23N5O3. The summed E-state index contributed by atoms with van der Waals surface area (Å²) in [5.74, 6) is 0.439. The number of hydrogen-bond donors (Lipinski definition) is 1. The third-order valence-electron chi connectivity index (χ3n) is 5.14. The van der Waals surface area contributed by atoms with Gasteiger partial charge in [-0.05, 0) is 30.0 Å². The first-order valence-corrected chi connectivity index (χ1v) is 10.0. The van der Waals surface area contributed by atoms with Crippen LogP contribution >= 0.6 is 0 Å². The second-order valence-electron chi connectivity index (χ2n) is 7.25. The van der Waals surface area contributed by atoms with Crippen LogP contribution in [0.25, 0.3) is 0 Å². The average molecular weight is 405 g/mol. The largest absolute Gasteiger partial charge is 0.622 e. The summed E-state index contributed by atoms with van der Waals surface area (Å²) < 4.78 is 2.62. The lowest BCUT2D eigenvalue weighted by atomic mass is 10.1. The zero-order chi connectivity index (χ0) is 21.1. The molecule has 0 radical (unpaired) electrons. The van der Waals surface area contributed by atoms with Crippen LogP contribution in [-0.4, -0.2) is 20.0 Å². The van der Waals surface area contributed by atoms with E-state index in [9.17, 15) is 14.8 Å². The van der Waals surface area contributed by atoms with Gasteiger partial charge in [-0.15, -0.1) is 0 Å². The molecule has 4 rings (SSSR count). The van der Waals surface area contributed by atoms with E-state index < -0.39 is 16.3 Å². The number of nitrogens with one attached hydrogen (secondary N) is 1. The zero-order valence-corrected chi connectivity index (χ0v) is 16.7. The molecule has 0 amide bonds. The summed E-state index contributed by atoms with van der Waals surface area (Å²) >= 11 is 0. The van der Waals surface area contributed by atoms with Crippen molar-refractivity contribution < 1.29 is 5.06 Å². The van der Waals surface area contributed by atoms with Gasteiger partial charge in [-0.3, -0.25) is 24.0 Å². The maximum Gasteiger partial charge on any atom is 0.332 e. The molecule has 1 aromatic carbocycles. The van der Waals surface area contributed by atoms with Crippen molar-refractivity contribution in [2.24, 2.45) is 4.99 Å². The lowest BCUT2D eigenvalue weighted by Gasteiger charge is -2.19. The Balaban J connectivity index is 1.76. The van der Waals surface area contributed by atoms with Crippen LogP contribution in [0, 0.1) is 5.21 Å². The van der Waals surface area contributed by atoms with E-state index >= 15 is 0 Å². The molecule has 2 aromatic heterocycles. The molecule has 8 heteroatoms. The number of amidine groups is 1. The van der Waals surface area contributed by atoms with Crippen LogP contribution < -0.4 is 16.3 Å². The third kappa shape index (κ3) is 3.74. The highest BCUT2D eigenvalue weighted by atomic mass is 16.5. The number of fused-ring (bicyclic) bond motifs is 1. The van der Waals surface area contributed by atoms with Gasteiger partial charge in [0, 0.05) is 25.5 Å². The molecule has 30 heavy (non-hydrogen) atoms. The second-order valence-corrected chi connectivity index (χ2v) is 7.25. The highest BCUT2D eigenvalue weighted by molar-refractivity contribution is 5.86. The Morgan fingerprint density at radius 1 is 1.00 bits per heavy atom. The van der Waals surface area contributed by atoms with Gasteiger partial charge in [-0.1, -0.05) is 43.3 Å². The van der Waals surface area contributed by atoms with Gasteiger partial charge in [-0.2, -0.15) is 4.99 Å². The first kappa shape index (κ1) is 19.9. The minimum atomic E-state index is -0.553. The molecule has 154 valence electrons.